The van der Waals surface area contributed by atoms with Crippen LogP contribution in [-0.4, -0.2) is 18.3 Å². The van der Waals surface area contributed by atoms with E-state index in [0.717, 1.165) is 6.42 Å². The van der Waals surface area contributed by atoms with E-state index in [-0.39, 0.29) is 5.41 Å². The maximum atomic E-state index is 9.50. The van der Waals surface area contributed by atoms with Crippen LogP contribution in [0.3, 0.4) is 0 Å². The summed E-state index contributed by atoms with van der Waals surface area (Å²) in [5, 5.41) is 9.50. The molecule has 1 rings (SSSR count). The van der Waals surface area contributed by atoms with Crippen molar-refractivity contribution in [3.63, 3.8) is 0 Å². The molecule has 1 atom stereocenters. The zero-order valence-corrected chi connectivity index (χ0v) is 9.47. The van der Waals surface area contributed by atoms with Crippen LogP contribution in [-0.2, 0) is 0 Å². The number of aliphatic hydroxyl groups excluding tert-OH is 1. The second-order valence-corrected chi connectivity index (χ2v) is 5.04. The third kappa shape index (κ3) is 2.96. The summed E-state index contributed by atoms with van der Waals surface area (Å²) in [7, 11) is 0. The molecule has 0 amide bonds. The molecule has 0 heterocycles. The van der Waals surface area contributed by atoms with Crippen LogP contribution in [0.15, 0.2) is 0 Å². The lowest BCUT2D eigenvalue weighted by Gasteiger charge is -2.35. The fourth-order valence-corrected chi connectivity index (χ4v) is 2.72. The third-order valence-corrected chi connectivity index (χ3v) is 3.92. The number of rotatable bonds is 4. The Labute approximate surface area is 87.9 Å². The minimum absolute atomic E-state index is 0.0824. The summed E-state index contributed by atoms with van der Waals surface area (Å²) in [5.41, 5.74) is 5.71. The molecule has 84 valence electrons. The van der Waals surface area contributed by atoms with Gasteiger partial charge in [0.25, 0.3) is 0 Å². The Morgan fingerprint density at radius 3 is 2.21 bits per heavy atom. The summed E-state index contributed by atoms with van der Waals surface area (Å²) in [5.74, 6) is 0.693. The van der Waals surface area contributed by atoms with Gasteiger partial charge in [-0.3, -0.25) is 0 Å². The van der Waals surface area contributed by atoms with E-state index in [9.17, 15) is 5.11 Å². The van der Waals surface area contributed by atoms with Gasteiger partial charge in [0.2, 0.25) is 0 Å². The van der Waals surface area contributed by atoms with Gasteiger partial charge in [-0.25, -0.2) is 0 Å². The molecule has 1 unspecified atom stereocenters. The summed E-state index contributed by atoms with van der Waals surface area (Å²) in [6, 6.07) is 0. The van der Waals surface area contributed by atoms with E-state index in [1.165, 1.54) is 38.5 Å². The van der Waals surface area contributed by atoms with Crippen LogP contribution in [0.25, 0.3) is 0 Å². The number of hydrogen-bond acceptors (Lipinski definition) is 2. The normalized spacial score (nSPS) is 24.2. The van der Waals surface area contributed by atoms with E-state index in [1.807, 2.05) is 0 Å². The van der Waals surface area contributed by atoms with Gasteiger partial charge >= 0.3 is 0 Å². The van der Waals surface area contributed by atoms with Crippen molar-refractivity contribution in [3.8, 4) is 0 Å². The molecule has 1 fully saturated rings. The van der Waals surface area contributed by atoms with E-state index in [2.05, 4.69) is 6.92 Å². The van der Waals surface area contributed by atoms with Gasteiger partial charge in [-0.1, -0.05) is 32.6 Å². The topological polar surface area (TPSA) is 46.2 Å². The summed E-state index contributed by atoms with van der Waals surface area (Å²) in [4.78, 5) is 0. The predicted molar refractivity (Wildman–Crippen MR) is 60.1 cm³/mol. The highest BCUT2D eigenvalue weighted by atomic mass is 16.3. The number of hydrogen-bond donors (Lipinski definition) is 2. The standard InChI is InChI=1S/C12H25NO/c1-12(10-14,8-9-13)11-6-4-2-3-5-7-11/h11,14H,2-10,13H2,1H3. The van der Waals surface area contributed by atoms with Gasteiger partial charge in [0.15, 0.2) is 0 Å². The molecule has 0 radical (unpaired) electrons. The number of aliphatic hydroxyl groups is 1. The molecule has 0 aliphatic heterocycles. The Balaban J connectivity index is 2.56. The molecule has 0 aromatic rings. The first-order chi connectivity index (χ1) is 6.73. The molecule has 1 aliphatic rings. The lowest BCUT2D eigenvalue weighted by molar-refractivity contribution is 0.0626. The van der Waals surface area contributed by atoms with Crippen molar-refractivity contribution >= 4 is 0 Å². The highest BCUT2D eigenvalue weighted by Gasteiger charge is 2.32. The average molecular weight is 199 g/mol. The van der Waals surface area contributed by atoms with Crippen LogP contribution in [0.4, 0.5) is 0 Å². The van der Waals surface area contributed by atoms with Gasteiger partial charge < -0.3 is 10.8 Å². The maximum absolute atomic E-state index is 9.50. The van der Waals surface area contributed by atoms with Crippen LogP contribution >= 0.6 is 0 Å². The highest BCUT2D eigenvalue weighted by molar-refractivity contribution is 4.83. The monoisotopic (exact) mass is 199 g/mol. The average Bonchev–Trinajstić information content (AvgIpc) is 2.46. The van der Waals surface area contributed by atoms with Gasteiger partial charge in [-0.2, -0.15) is 0 Å². The zero-order valence-electron chi connectivity index (χ0n) is 9.47. The Bertz CT molecular complexity index is 152. The van der Waals surface area contributed by atoms with E-state index >= 15 is 0 Å². The van der Waals surface area contributed by atoms with E-state index in [1.54, 1.807) is 0 Å². The third-order valence-electron chi connectivity index (χ3n) is 3.92. The van der Waals surface area contributed by atoms with Gasteiger partial charge in [0.1, 0.15) is 0 Å². The van der Waals surface area contributed by atoms with Crippen molar-refractivity contribution in [2.24, 2.45) is 17.1 Å². The van der Waals surface area contributed by atoms with E-state index in [0.29, 0.717) is 19.1 Å². The molecule has 0 saturated heterocycles. The van der Waals surface area contributed by atoms with Gasteiger partial charge in [-0.15, -0.1) is 0 Å². The molecule has 2 heteroatoms. The largest absolute Gasteiger partial charge is 0.396 e. The maximum Gasteiger partial charge on any atom is 0.0487 e. The van der Waals surface area contributed by atoms with Crippen molar-refractivity contribution in [2.75, 3.05) is 13.2 Å². The van der Waals surface area contributed by atoms with E-state index < -0.39 is 0 Å². The quantitative estimate of drug-likeness (QED) is 0.682. The molecule has 1 aliphatic carbocycles. The predicted octanol–water partition coefficient (Wildman–Crippen LogP) is 2.30. The molecule has 3 N–H and O–H groups in total. The second kappa shape index (κ2) is 5.72. The van der Waals surface area contributed by atoms with Crippen molar-refractivity contribution in [1.82, 2.24) is 0 Å². The fraction of sp³-hybridized carbons (Fsp3) is 1.00. The highest BCUT2D eigenvalue weighted by Crippen LogP contribution is 2.39. The van der Waals surface area contributed by atoms with Crippen molar-refractivity contribution in [3.05, 3.63) is 0 Å². The van der Waals surface area contributed by atoms with Crippen molar-refractivity contribution < 1.29 is 5.11 Å². The minimum Gasteiger partial charge on any atom is -0.396 e. The first-order valence-electron chi connectivity index (χ1n) is 6.04. The summed E-state index contributed by atoms with van der Waals surface area (Å²) < 4.78 is 0. The number of nitrogens with two attached hydrogens (primary N) is 1. The lowest BCUT2D eigenvalue weighted by Crippen LogP contribution is -2.33. The Morgan fingerprint density at radius 1 is 1.21 bits per heavy atom. The molecular formula is C12H25NO. The zero-order chi connectivity index (χ0) is 10.4. The van der Waals surface area contributed by atoms with Crippen molar-refractivity contribution in [1.29, 1.82) is 0 Å². The van der Waals surface area contributed by atoms with Gasteiger partial charge in [0.05, 0.1) is 0 Å². The summed E-state index contributed by atoms with van der Waals surface area (Å²) in [6.07, 6.45) is 8.97. The minimum atomic E-state index is 0.0824. The molecule has 0 aromatic heterocycles. The molecule has 14 heavy (non-hydrogen) atoms. The first-order valence-corrected chi connectivity index (χ1v) is 6.04. The second-order valence-electron chi connectivity index (χ2n) is 5.04. The molecule has 0 bridgehead atoms. The van der Waals surface area contributed by atoms with Crippen LogP contribution in [0, 0.1) is 11.3 Å². The fourth-order valence-electron chi connectivity index (χ4n) is 2.72. The summed E-state index contributed by atoms with van der Waals surface area (Å²) >= 11 is 0. The van der Waals surface area contributed by atoms with E-state index in [4.69, 9.17) is 5.73 Å². The molecule has 2 nitrogen and oxygen atoms in total. The molecule has 0 aromatic carbocycles. The molecule has 0 spiro atoms. The van der Waals surface area contributed by atoms with Crippen LogP contribution in [0.2, 0.25) is 0 Å². The van der Waals surface area contributed by atoms with Crippen LogP contribution in [0.1, 0.15) is 51.9 Å². The van der Waals surface area contributed by atoms with Crippen LogP contribution in [0.5, 0.6) is 0 Å². The smallest absolute Gasteiger partial charge is 0.0487 e. The SMILES string of the molecule is CC(CO)(CCN)C1CCCCCC1. The van der Waals surface area contributed by atoms with Crippen molar-refractivity contribution in [2.45, 2.75) is 51.9 Å². The Kier molecular flexibility index (Phi) is 4.90. The Morgan fingerprint density at radius 2 is 1.79 bits per heavy atom. The summed E-state index contributed by atoms with van der Waals surface area (Å²) in [6.45, 7) is 3.21. The molecule has 1 saturated carbocycles. The first kappa shape index (κ1) is 12.0. The van der Waals surface area contributed by atoms with Gasteiger partial charge in [0, 0.05) is 6.61 Å². The van der Waals surface area contributed by atoms with Crippen LogP contribution < -0.4 is 5.73 Å². The Hall–Kier alpha value is -0.0800. The van der Waals surface area contributed by atoms with Gasteiger partial charge in [-0.05, 0) is 37.1 Å². The molecular weight excluding hydrogens is 174 g/mol. The lowest BCUT2D eigenvalue weighted by atomic mass is 9.71.